The van der Waals surface area contributed by atoms with Crippen molar-refractivity contribution in [1.29, 1.82) is 0 Å². The van der Waals surface area contributed by atoms with Gasteiger partial charge in [-0.25, -0.2) is 4.79 Å². The van der Waals surface area contributed by atoms with E-state index in [1.807, 2.05) is 12.1 Å². The van der Waals surface area contributed by atoms with Gasteiger partial charge in [0.15, 0.2) is 6.10 Å². The van der Waals surface area contributed by atoms with Crippen LogP contribution in [0.3, 0.4) is 0 Å². The van der Waals surface area contributed by atoms with Crippen LogP contribution in [-0.2, 0) is 11.3 Å². The number of carbonyl (C=O) groups excluding carboxylic acids is 1. The number of hydrogen-bond acceptors (Lipinski definition) is 4. The van der Waals surface area contributed by atoms with E-state index >= 15 is 0 Å². The van der Waals surface area contributed by atoms with E-state index in [2.05, 4.69) is 24.5 Å². The first kappa shape index (κ1) is 14.9. The summed E-state index contributed by atoms with van der Waals surface area (Å²) in [6.07, 6.45) is -0.638. The fourth-order valence-corrected chi connectivity index (χ4v) is 2.04. The highest BCUT2D eigenvalue weighted by Crippen LogP contribution is 2.23. The predicted octanol–water partition coefficient (Wildman–Crippen LogP) is 2.33. The number of nitrogens with one attached hydrogen (secondary N) is 2. The zero-order valence-corrected chi connectivity index (χ0v) is 12.4. The first-order chi connectivity index (χ1) is 9.54. The molecule has 1 aromatic rings. The summed E-state index contributed by atoms with van der Waals surface area (Å²) >= 11 is 6.02. The van der Waals surface area contributed by atoms with Crippen LogP contribution in [0.25, 0.3) is 0 Å². The molecular formula is C14H19ClN2O3. The zero-order valence-electron chi connectivity index (χ0n) is 11.6. The number of benzene rings is 1. The van der Waals surface area contributed by atoms with Crippen LogP contribution in [0.5, 0.6) is 5.75 Å². The van der Waals surface area contributed by atoms with Crippen molar-refractivity contribution < 1.29 is 14.3 Å². The number of halogens is 1. The minimum atomic E-state index is -0.392. The molecule has 20 heavy (non-hydrogen) atoms. The fraction of sp³-hybridized carbons (Fsp3) is 0.500. The highest BCUT2D eigenvalue weighted by atomic mass is 35.5. The van der Waals surface area contributed by atoms with E-state index in [1.165, 1.54) is 0 Å². The molecule has 2 N–H and O–H groups in total. The van der Waals surface area contributed by atoms with E-state index in [-0.39, 0.29) is 6.10 Å². The standard InChI is InChI=1S/C14H19ClN2O3/c1-9(2)16-6-10-5-11(15)3-4-13(10)19-8-12-7-17-14(18)20-12/h3-5,9,12,16H,6-8H2,1-2H3,(H,17,18). The third-order valence-electron chi connectivity index (χ3n) is 2.90. The SMILES string of the molecule is CC(C)NCc1cc(Cl)ccc1OCC1CNC(=O)O1. The number of hydrogen-bond donors (Lipinski definition) is 2. The van der Waals surface area contributed by atoms with Gasteiger partial charge in [-0.15, -0.1) is 0 Å². The number of carbonyl (C=O) groups is 1. The molecule has 0 aromatic heterocycles. The van der Waals surface area contributed by atoms with E-state index in [9.17, 15) is 4.79 Å². The lowest BCUT2D eigenvalue weighted by atomic mass is 10.2. The molecular weight excluding hydrogens is 280 g/mol. The maximum atomic E-state index is 10.9. The quantitative estimate of drug-likeness (QED) is 0.846. The zero-order chi connectivity index (χ0) is 14.5. The Morgan fingerprint density at radius 1 is 1.55 bits per heavy atom. The second-order valence-corrected chi connectivity index (χ2v) is 5.44. The maximum Gasteiger partial charge on any atom is 0.407 e. The van der Waals surface area contributed by atoms with Crippen LogP contribution < -0.4 is 15.4 Å². The molecule has 5 nitrogen and oxygen atoms in total. The Morgan fingerprint density at radius 3 is 3.00 bits per heavy atom. The van der Waals surface area contributed by atoms with E-state index in [1.54, 1.807) is 6.07 Å². The molecule has 1 fully saturated rings. The molecule has 0 saturated carbocycles. The Balaban J connectivity index is 1.96. The third kappa shape index (κ3) is 4.28. The monoisotopic (exact) mass is 298 g/mol. The summed E-state index contributed by atoms with van der Waals surface area (Å²) in [4.78, 5) is 10.9. The van der Waals surface area contributed by atoms with Gasteiger partial charge in [-0.1, -0.05) is 25.4 Å². The summed E-state index contributed by atoms with van der Waals surface area (Å²) in [6, 6.07) is 5.88. The summed E-state index contributed by atoms with van der Waals surface area (Å²) in [5.41, 5.74) is 0.989. The van der Waals surface area contributed by atoms with Gasteiger partial charge in [0.25, 0.3) is 0 Å². The van der Waals surface area contributed by atoms with Crippen LogP contribution in [0.2, 0.25) is 5.02 Å². The number of amides is 1. The Bertz CT molecular complexity index is 479. The van der Waals surface area contributed by atoms with E-state index in [0.29, 0.717) is 30.8 Å². The van der Waals surface area contributed by atoms with Crippen LogP contribution in [0.4, 0.5) is 4.79 Å². The largest absolute Gasteiger partial charge is 0.489 e. The number of cyclic esters (lactones) is 1. The van der Waals surface area contributed by atoms with Gasteiger partial charge in [-0.3, -0.25) is 0 Å². The van der Waals surface area contributed by atoms with Gasteiger partial charge in [-0.2, -0.15) is 0 Å². The molecule has 1 unspecified atom stereocenters. The van der Waals surface area contributed by atoms with E-state index < -0.39 is 6.09 Å². The molecule has 2 rings (SSSR count). The van der Waals surface area contributed by atoms with E-state index in [0.717, 1.165) is 11.3 Å². The Morgan fingerprint density at radius 2 is 2.35 bits per heavy atom. The minimum Gasteiger partial charge on any atom is -0.489 e. The fourth-order valence-electron chi connectivity index (χ4n) is 1.85. The van der Waals surface area contributed by atoms with Crippen LogP contribution in [-0.4, -0.2) is 31.4 Å². The average molecular weight is 299 g/mol. The van der Waals surface area contributed by atoms with Gasteiger partial charge in [0.05, 0.1) is 6.54 Å². The molecule has 1 amide bonds. The Hall–Kier alpha value is -1.46. The summed E-state index contributed by atoms with van der Waals surface area (Å²) in [6.45, 7) is 5.64. The third-order valence-corrected chi connectivity index (χ3v) is 3.13. The molecule has 6 heteroatoms. The van der Waals surface area contributed by atoms with Gasteiger partial charge in [0.1, 0.15) is 12.4 Å². The first-order valence-corrected chi connectivity index (χ1v) is 7.01. The highest BCUT2D eigenvalue weighted by molar-refractivity contribution is 6.30. The van der Waals surface area contributed by atoms with Gasteiger partial charge in [-0.05, 0) is 18.2 Å². The smallest absolute Gasteiger partial charge is 0.407 e. The molecule has 1 saturated heterocycles. The number of rotatable bonds is 6. The molecule has 1 aromatic carbocycles. The van der Waals surface area contributed by atoms with Crippen LogP contribution in [0.15, 0.2) is 18.2 Å². The van der Waals surface area contributed by atoms with Crippen LogP contribution >= 0.6 is 11.6 Å². The van der Waals surface area contributed by atoms with Gasteiger partial charge in [0, 0.05) is 23.2 Å². The maximum absolute atomic E-state index is 10.9. The molecule has 0 bridgehead atoms. The molecule has 1 aliphatic rings. The first-order valence-electron chi connectivity index (χ1n) is 6.63. The molecule has 1 heterocycles. The molecule has 110 valence electrons. The van der Waals surface area contributed by atoms with Crippen molar-refractivity contribution >= 4 is 17.7 Å². The second kappa shape index (κ2) is 6.81. The Kier molecular flexibility index (Phi) is 5.09. The van der Waals surface area contributed by atoms with Crippen LogP contribution in [0.1, 0.15) is 19.4 Å². The number of ether oxygens (including phenoxy) is 2. The second-order valence-electron chi connectivity index (χ2n) is 5.01. The van der Waals surface area contributed by atoms with Gasteiger partial charge < -0.3 is 20.1 Å². The van der Waals surface area contributed by atoms with E-state index in [4.69, 9.17) is 21.1 Å². The van der Waals surface area contributed by atoms with Crippen molar-refractivity contribution in [3.8, 4) is 5.75 Å². The Labute approximate surface area is 123 Å². The summed E-state index contributed by atoms with van der Waals surface area (Å²) < 4.78 is 10.8. The molecule has 1 atom stereocenters. The summed E-state index contributed by atoms with van der Waals surface area (Å²) in [5.74, 6) is 0.755. The number of alkyl carbamates (subject to hydrolysis) is 1. The lowest BCUT2D eigenvalue weighted by Crippen LogP contribution is -2.24. The van der Waals surface area contributed by atoms with Crippen LogP contribution in [0, 0.1) is 0 Å². The lowest BCUT2D eigenvalue weighted by Gasteiger charge is -2.15. The van der Waals surface area contributed by atoms with Gasteiger partial charge >= 0.3 is 6.09 Å². The van der Waals surface area contributed by atoms with Crippen molar-refractivity contribution in [2.75, 3.05) is 13.2 Å². The summed E-state index contributed by atoms with van der Waals surface area (Å²) in [7, 11) is 0. The van der Waals surface area contributed by atoms with Crippen molar-refractivity contribution in [1.82, 2.24) is 10.6 Å². The van der Waals surface area contributed by atoms with Crippen molar-refractivity contribution in [2.45, 2.75) is 32.5 Å². The molecule has 1 aliphatic heterocycles. The molecule has 0 radical (unpaired) electrons. The average Bonchev–Trinajstić information content (AvgIpc) is 2.81. The van der Waals surface area contributed by atoms with Gasteiger partial charge in [0.2, 0.25) is 0 Å². The molecule has 0 spiro atoms. The van der Waals surface area contributed by atoms with Crippen molar-refractivity contribution in [3.05, 3.63) is 28.8 Å². The normalized spacial score (nSPS) is 18.0. The van der Waals surface area contributed by atoms with Crippen molar-refractivity contribution in [3.63, 3.8) is 0 Å². The highest BCUT2D eigenvalue weighted by Gasteiger charge is 2.23. The topological polar surface area (TPSA) is 59.6 Å². The predicted molar refractivity (Wildman–Crippen MR) is 77.2 cm³/mol. The molecule has 0 aliphatic carbocycles. The lowest BCUT2D eigenvalue weighted by molar-refractivity contribution is 0.104. The summed E-state index contributed by atoms with van der Waals surface area (Å²) in [5, 5.41) is 6.60. The van der Waals surface area contributed by atoms with Crippen molar-refractivity contribution in [2.24, 2.45) is 0 Å². The minimum absolute atomic E-state index is 0.246.